The Bertz CT molecular complexity index is 1720. The first-order valence-corrected chi connectivity index (χ1v) is 25.2. The Labute approximate surface area is 371 Å². The fraction of sp³-hybridized carbons (Fsp3) is 0.738. The number of ketones is 1. The van der Waals surface area contributed by atoms with Crippen LogP contribution >= 0.6 is 15.6 Å². The quantitative estimate of drug-likeness (QED) is 0.0152. The van der Waals surface area contributed by atoms with Gasteiger partial charge in [-0.05, 0) is 50.2 Å². The number of anilines is 1. The molecule has 0 saturated carbocycles. The molecule has 1 saturated heterocycles. The van der Waals surface area contributed by atoms with Crippen LogP contribution in [0.3, 0.4) is 0 Å². The Morgan fingerprint density at radius 3 is 2.13 bits per heavy atom. The number of nitrogen functional groups attached to an aromatic ring is 1. The lowest BCUT2D eigenvalue weighted by Crippen LogP contribution is -2.36. The molecule has 19 nitrogen and oxygen atoms in total. The zero-order valence-electron chi connectivity index (χ0n) is 37.0. The molecule has 1 aliphatic heterocycles. The summed E-state index contributed by atoms with van der Waals surface area (Å²) in [6.45, 7) is 4.11. The summed E-state index contributed by atoms with van der Waals surface area (Å²) in [6, 6.07) is 1.24. The standard InChI is InChI=1S/C42H71N3O16P2/c1-4-5-17-23-33(46)24-19-14-9-7-6-8-10-16-21-26-38(48)59-34(29-56-37(47)25-20-15-12-11-13-18-22-32(2)3)30-57-62(52,53)61-63(54,55)58-31-35-39(49)40(50)41(60-35)45-28-27-36(43)44-42(45)51/h9,14,19,24,27-28,32,34-35,39-41,49-50H,4-8,10-13,15-18,20-23,25-26,29-31H2,1-3H3,(H,52,53)(H,54,55)(H2,43,44,51)/b14-9-,24-19+/t34-,35-,39-,40-,41-/m1/s1. The molecule has 1 aromatic rings. The van der Waals surface area contributed by atoms with Gasteiger partial charge in [0.2, 0.25) is 0 Å². The molecule has 0 amide bonds. The van der Waals surface area contributed by atoms with Crippen molar-refractivity contribution in [2.45, 2.75) is 173 Å². The van der Waals surface area contributed by atoms with E-state index in [2.05, 4.69) is 30.1 Å². The lowest BCUT2D eigenvalue weighted by molar-refractivity contribution is -0.161. The molecule has 21 heteroatoms. The smallest absolute Gasteiger partial charge is 0.462 e. The molecule has 0 aliphatic carbocycles. The maximum Gasteiger partial charge on any atom is 0.481 e. The van der Waals surface area contributed by atoms with Gasteiger partial charge >= 0.3 is 33.3 Å². The fourth-order valence-electron chi connectivity index (χ4n) is 6.42. The number of esters is 2. The van der Waals surface area contributed by atoms with Crippen molar-refractivity contribution in [3.05, 3.63) is 47.1 Å². The second kappa shape index (κ2) is 30.9. The second-order valence-electron chi connectivity index (χ2n) is 16.1. The van der Waals surface area contributed by atoms with Crippen LogP contribution in [0.5, 0.6) is 0 Å². The highest BCUT2D eigenvalue weighted by molar-refractivity contribution is 7.61. The van der Waals surface area contributed by atoms with Gasteiger partial charge in [0.15, 0.2) is 18.1 Å². The van der Waals surface area contributed by atoms with Gasteiger partial charge in [-0.2, -0.15) is 9.29 Å². The molecular weight excluding hydrogens is 864 g/mol. The molecule has 0 bridgehead atoms. The SMILES string of the molecule is CCCCCC(=O)/C=C/C=C\CCCCCCCC(=O)O[C@H](COC(=O)CCCCCCCCC(C)C)COP(=O)(O)OP(=O)(O)OC[C@H]1O[C@@H](n2ccc(N)nc2=O)[C@H](O)[C@@H]1O. The normalized spacial score (nSPS) is 20.3. The molecule has 1 fully saturated rings. The lowest BCUT2D eigenvalue weighted by Gasteiger charge is -2.21. The van der Waals surface area contributed by atoms with Crippen LogP contribution in [0.15, 0.2) is 41.4 Å². The van der Waals surface area contributed by atoms with Crippen LogP contribution in [0.25, 0.3) is 0 Å². The predicted octanol–water partition coefficient (Wildman–Crippen LogP) is 6.92. The Morgan fingerprint density at radius 1 is 0.841 bits per heavy atom. The molecule has 1 aromatic heterocycles. The van der Waals surface area contributed by atoms with Crippen LogP contribution < -0.4 is 11.4 Å². The number of carbonyl (C=O) groups excluding carboxylic acids is 3. The first-order valence-electron chi connectivity index (χ1n) is 22.2. The third-order valence-electron chi connectivity index (χ3n) is 9.94. The summed E-state index contributed by atoms with van der Waals surface area (Å²) in [5.41, 5.74) is 4.56. The third kappa shape index (κ3) is 25.3. The van der Waals surface area contributed by atoms with Gasteiger partial charge in [-0.3, -0.25) is 28.0 Å². The van der Waals surface area contributed by atoms with Crippen LogP contribution in [0.1, 0.15) is 149 Å². The zero-order chi connectivity index (χ0) is 46.7. The molecule has 0 aromatic carbocycles. The summed E-state index contributed by atoms with van der Waals surface area (Å²) in [6.07, 6.45) is 15.9. The van der Waals surface area contributed by atoms with Crippen LogP contribution in [-0.4, -0.2) is 91.5 Å². The number of aliphatic hydroxyl groups is 2. The van der Waals surface area contributed by atoms with Crippen molar-refractivity contribution in [3.8, 4) is 0 Å². The molecule has 63 heavy (non-hydrogen) atoms. The summed E-state index contributed by atoms with van der Waals surface area (Å²) in [5.74, 6) is -0.579. The van der Waals surface area contributed by atoms with Crippen molar-refractivity contribution in [2.24, 2.45) is 5.92 Å². The van der Waals surface area contributed by atoms with Crippen molar-refractivity contribution in [3.63, 3.8) is 0 Å². The van der Waals surface area contributed by atoms with E-state index >= 15 is 0 Å². The number of ether oxygens (including phenoxy) is 3. The number of aromatic nitrogens is 2. The number of rotatable bonds is 35. The maximum absolute atomic E-state index is 12.8. The molecule has 2 heterocycles. The number of aliphatic hydroxyl groups excluding tert-OH is 2. The number of nitrogens with zero attached hydrogens (tertiary/aromatic N) is 2. The molecule has 1 aliphatic rings. The summed E-state index contributed by atoms with van der Waals surface area (Å²) in [4.78, 5) is 73.3. The van der Waals surface area contributed by atoms with E-state index < -0.39 is 83.7 Å². The van der Waals surface area contributed by atoms with Gasteiger partial charge in [0.05, 0.1) is 13.2 Å². The predicted molar refractivity (Wildman–Crippen MR) is 234 cm³/mol. The highest BCUT2D eigenvalue weighted by Gasteiger charge is 2.46. The highest BCUT2D eigenvalue weighted by Crippen LogP contribution is 2.60. The van der Waals surface area contributed by atoms with Crippen molar-refractivity contribution in [1.29, 1.82) is 0 Å². The van der Waals surface area contributed by atoms with Gasteiger partial charge < -0.3 is 39.9 Å². The summed E-state index contributed by atoms with van der Waals surface area (Å²) >= 11 is 0. The van der Waals surface area contributed by atoms with E-state index in [1.165, 1.54) is 12.5 Å². The fourth-order valence-corrected chi connectivity index (χ4v) is 8.53. The minimum absolute atomic E-state index is 0.000313. The van der Waals surface area contributed by atoms with E-state index in [0.29, 0.717) is 25.2 Å². The molecule has 2 rings (SSSR count). The van der Waals surface area contributed by atoms with Crippen molar-refractivity contribution in [2.75, 3.05) is 25.6 Å². The number of hydrogen-bond acceptors (Lipinski definition) is 16. The third-order valence-corrected chi connectivity index (χ3v) is 12.5. The van der Waals surface area contributed by atoms with Gasteiger partial charge in [0.1, 0.15) is 30.7 Å². The number of phosphoric ester groups is 2. The van der Waals surface area contributed by atoms with E-state index in [0.717, 1.165) is 94.2 Å². The monoisotopic (exact) mass is 935 g/mol. The Kier molecular flexibility index (Phi) is 27.5. The molecule has 360 valence electrons. The average molecular weight is 936 g/mol. The second-order valence-corrected chi connectivity index (χ2v) is 19.1. The van der Waals surface area contributed by atoms with Crippen LogP contribution in [0.4, 0.5) is 5.82 Å². The van der Waals surface area contributed by atoms with Crippen LogP contribution in [0.2, 0.25) is 0 Å². The van der Waals surface area contributed by atoms with Gasteiger partial charge in [-0.25, -0.2) is 13.9 Å². The molecule has 7 atom stereocenters. The van der Waals surface area contributed by atoms with Gasteiger partial charge in [0, 0.05) is 25.5 Å². The van der Waals surface area contributed by atoms with E-state index in [1.807, 2.05) is 12.2 Å². The Morgan fingerprint density at radius 2 is 1.46 bits per heavy atom. The number of nitrogens with two attached hydrogens (primary N) is 1. The van der Waals surface area contributed by atoms with E-state index in [1.54, 1.807) is 12.2 Å². The number of unbranched alkanes of at least 4 members (excludes halogenated alkanes) is 12. The number of hydrogen-bond donors (Lipinski definition) is 5. The van der Waals surface area contributed by atoms with Crippen LogP contribution in [0, 0.1) is 5.92 Å². The van der Waals surface area contributed by atoms with Gasteiger partial charge in [0.25, 0.3) is 0 Å². The minimum Gasteiger partial charge on any atom is -0.462 e. The van der Waals surface area contributed by atoms with Crippen molar-refractivity contribution < 1.29 is 71.1 Å². The van der Waals surface area contributed by atoms with Crippen molar-refractivity contribution in [1.82, 2.24) is 9.55 Å². The van der Waals surface area contributed by atoms with E-state index in [9.17, 15) is 48.3 Å². The molecule has 0 spiro atoms. The average Bonchev–Trinajstić information content (AvgIpc) is 3.49. The first-order chi connectivity index (χ1) is 29.9. The van der Waals surface area contributed by atoms with Gasteiger partial charge in [-0.1, -0.05) is 110 Å². The Hall–Kier alpha value is -3.09. The molecule has 2 unspecified atom stereocenters. The van der Waals surface area contributed by atoms with E-state index in [-0.39, 0.29) is 24.4 Å². The summed E-state index contributed by atoms with van der Waals surface area (Å²) in [5, 5.41) is 20.8. The highest BCUT2D eigenvalue weighted by atomic mass is 31.3. The molecular formula is C42H71N3O16P2. The summed E-state index contributed by atoms with van der Waals surface area (Å²) in [7, 11) is -10.9. The minimum atomic E-state index is -5.43. The zero-order valence-corrected chi connectivity index (χ0v) is 38.8. The number of allylic oxidation sites excluding steroid dienone is 4. The Balaban J connectivity index is 1.86. The topological polar surface area (TPSA) is 283 Å². The van der Waals surface area contributed by atoms with Gasteiger partial charge in [-0.15, -0.1) is 0 Å². The van der Waals surface area contributed by atoms with Crippen LogP contribution in [-0.2, 0) is 51.1 Å². The molecule has 0 radical (unpaired) electrons. The number of carbonyl (C=O) groups is 3. The first kappa shape index (κ1) is 56.0. The van der Waals surface area contributed by atoms with Crippen molar-refractivity contribution >= 4 is 39.2 Å². The summed E-state index contributed by atoms with van der Waals surface area (Å²) < 4.78 is 56.4. The van der Waals surface area contributed by atoms with E-state index in [4.69, 9.17) is 29.0 Å². The molecule has 6 N–H and O–H groups in total. The maximum atomic E-state index is 12.8. The number of phosphoric acid groups is 2. The lowest BCUT2D eigenvalue weighted by atomic mass is 10.0. The largest absolute Gasteiger partial charge is 0.481 e.